The first-order chi connectivity index (χ1) is 14.3. The molecular weight excluding hydrogens is 414 g/mol. The van der Waals surface area contributed by atoms with Crippen LogP contribution in [-0.4, -0.2) is 74.8 Å². The van der Waals surface area contributed by atoms with E-state index >= 15 is 0 Å². The Labute approximate surface area is 178 Å². The van der Waals surface area contributed by atoms with Crippen LogP contribution in [0, 0.1) is 11.6 Å². The molecular formula is C21H34F2N2O4S. The van der Waals surface area contributed by atoms with E-state index < -0.39 is 21.7 Å². The number of hydrogen-bond donors (Lipinski definition) is 1. The Kier molecular flexibility index (Phi) is 10.1. The average molecular weight is 449 g/mol. The summed E-state index contributed by atoms with van der Waals surface area (Å²) in [6.07, 6.45) is 4.97. The molecule has 0 spiro atoms. The molecule has 1 N–H and O–H groups in total. The summed E-state index contributed by atoms with van der Waals surface area (Å²) in [5.41, 5.74) is 0. The maximum absolute atomic E-state index is 13.5. The van der Waals surface area contributed by atoms with Crippen LogP contribution in [0.15, 0.2) is 23.1 Å². The van der Waals surface area contributed by atoms with Crippen LogP contribution in [0.4, 0.5) is 8.78 Å². The van der Waals surface area contributed by atoms with Gasteiger partial charge in [0.2, 0.25) is 10.0 Å². The summed E-state index contributed by atoms with van der Waals surface area (Å²) >= 11 is 0. The van der Waals surface area contributed by atoms with Crippen LogP contribution in [-0.2, 0) is 14.8 Å². The maximum atomic E-state index is 13.5. The predicted molar refractivity (Wildman–Crippen MR) is 112 cm³/mol. The van der Waals surface area contributed by atoms with Crippen molar-refractivity contribution in [2.24, 2.45) is 0 Å². The standard InChI is InChI=1S/C21H34F2N2O4S/c1-3-25(13-14-26)12-4-5-15-29-18-8-6-17(7-9-18)24(2)30(27,28)19-10-11-20(22)21(23)16-19/h10-11,16-18,26H,3-9,12-15H2,1-2H3. The van der Waals surface area contributed by atoms with E-state index in [0.717, 1.165) is 57.0 Å². The third-order valence-corrected chi connectivity index (χ3v) is 7.72. The van der Waals surface area contributed by atoms with Gasteiger partial charge >= 0.3 is 0 Å². The maximum Gasteiger partial charge on any atom is 0.243 e. The summed E-state index contributed by atoms with van der Waals surface area (Å²) in [4.78, 5) is 1.97. The summed E-state index contributed by atoms with van der Waals surface area (Å²) < 4.78 is 59.3. The number of hydrogen-bond acceptors (Lipinski definition) is 5. The second-order valence-electron chi connectivity index (χ2n) is 7.76. The molecule has 30 heavy (non-hydrogen) atoms. The van der Waals surface area contributed by atoms with E-state index in [4.69, 9.17) is 9.84 Å². The highest BCUT2D eigenvalue weighted by atomic mass is 32.2. The molecule has 0 saturated heterocycles. The number of aliphatic hydroxyl groups is 1. The molecule has 0 aromatic heterocycles. The van der Waals surface area contributed by atoms with Gasteiger partial charge in [-0.3, -0.25) is 0 Å². The second-order valence-corrected chi connectivity index (χ2v) is 9.76. The zero-order valence-corrected chi connectivity index (χ0v) is 18.7. The molecule has 0 bridgehead atoms. The van der Waals surface area contributed by atoms with Gasteiger partial charge in [0.1, 0.15) is 0 Å². The van der Waals surface area contributed by atoms with Crippen LogP contribution < -0.4 is 0 Å². The minimum Gasteiger partial charge on any atom is -0.395 e. The quantitative estimate of drug-likeness (QED) is 0.498. The third kappa shape index (κ3) is 6.95. The monoisotopic (exact) mass is 448 g/mol. The highest BCUT2D eigenvalue weighted by Gasteiger charge is 2.32. The fourth-order valence-electron chi connectivity index (χ4n) is 3.83. The van der Waals surface area contributed by atoms with Crippen LogP contribution in [0.3, 0.4) is 0 Å². The zero-order valence-electron chi connectivity index (χ0n) is 17.9. The first-order valence-corrected chi connectivity index (χ1v) is 12.1. The highest BCUT2D eigenvalue weighted by molar-refractivity contribution is 7.89. The van der Waals surface area contributed by atoms with Crippen LogP contribution >= 0.6 is 0 Å². The summed E-state index contributed by atoms with van der Waals surface area (Å²) in [5, 5.41) is 9.00. The molecule has 6 nitrogen and oxygen atoms in total. The SMILES string of the molecule is CCN(CCO)CCCCOC1CCC(N(C)S(=O)(=O)c2ccc(F)c(F)c2)CC1. The fraction of sp³-hybridized carbons (Fsp3) is 0.714. The molecule has 0 radical (unpaired) electrons. The number of unbranched alkanes of at least 4 members (excludes halogenated alkanes) is 1. The minimum absolute atomic E-state index is 0.125. The number of halogens is 2. The van der Waals surface area contributed by atoms with Gasteiger partial charge in [0, 0.05) is 26.2 Å². The summed E-state index contributed by atoms with van der Waals surface area (Å²) in [7, 11) is -2.38. The van der Waals surface area contributed by atoms with Crippen LogP contribution in [0.2, 0.25) is 0 Å². The lowest BCUT2D eigenvalue weighted by atomic mass is 9.93. The first-order valence-electron chi connectivity index (χ1n) is 10.7. The largest absolute Gasteiger partial charge is 0.395 e. The molecule has 0 atom stereocenters. The van der Waals surface area contributed by atoms with Gasteiger partial charge in [-0.2, -0.15) is 4.31 Å². The lowest BCUT2D eigenvalue weighted by Crippen LogP contribution is -2.40. The van der Waals surface area contributed by atoms with Crippen LogP contribution in [0.5, 0.6) is 0 Å². The van der Waals surface area contributed by atoms with Crippen molar-refractivity contribution < 1.29 is 27.0 Å². The molecule has 9 heteroatoms. The number of sulfonamides is 1. The van der Waals surface area contributed by atoms with Gasteiger partial charge < -0.3 is 14.7 Å². The lowest BCUT2D eigenvalue weighted by molar-refractivity contribution is 0.0150. The van der Waals surface area contributed by atoms with Gasteiger partial charge in [-0.25, -0.2) is 17.2 Å². The Hall–Kier alpha value is -1.13. The molecule has 0 aliphatic heterocycles. The number of aliphatic hydroxyl groups excluding tert-OH is 1. The van der Waals surface area contributed by atoms with E-state index in [-0.39, 0.29) is 23.6 Å². The molecule has 1 aromatic rings. The Bertz CT molecular complexity index is 755. The van der Waals surface area contributed by atoms with Crippen molar-refractivity contribution in [3.05, 3.63) is 29.8 Å². The molecule has 0 amide bonds. The smallest absolute Gasteiger partial charge is 0.243 e. The highest BCUT2D eigenvalue weighted by Crippen LogP contribution is 2.28. The average Bonchev–Trinajstić information content (AvgIpc) is 2.74. The molecule has 1 aliphatic rings. The predicted octanol–water partition coefficient (Wildman–Crippen LogP) is 3.01. The zero-order chi connectivity index (χ0) is 22.1. The Balaban J connectivity index is 1.75. The number of likely N-dealkylation sites (N-methyl/N-ethyl adjacent to an activating group) is 1. The molecule has 2 rings (SSSR count). The van der Waals surface area contributed by atoms with Gasteiger partial charge in [0.15, 0.2) is 11.6 Å². The molecule has 0 heterocycles. The van der Waals surface area contributed by atoms with Gasteiger partial charge in [0.05, 0.1) is 17.6 Å². The van der Waals surface area contributed by atoms with E-state index in [1.807, 2.05) is 0 Å². The fourth-order valence-corrected chi connectivity index (χ4v) is 5.26. The third-order valence-electron chi connectivity index (χ3n) is 5.81. The number of benzene rings is 1. The Morgan fingerprint density at radius 3 is 2.40 bits per heavy atom. The molecule has 172 valence electrons. The van der Waals surface area contributed by atoms with Gasteiger partial charge in [0.25, 0.3) is 0 Å². The van der Waals surface area contributed by atoms with Gasteiger partial charge in [-0.05, 0) is 69.8 Å². The van der Waals surface area contributed by atoms with E-state index in [9.17, 15) is 17.2 Å². The molecule has 0 unspecified atom stereocenters. The molecule has 1 aromatic carbocycles. The van der Waals surface area contributed by atoms with Crippen LogP contribution in [0.1, 0.15) is 45.4 Å². The van der Waals surface area contributed by atoms with E-state index in [1.165, 1.54) is 11.4 Å². The van der Waals surface area contributed by atoms with Crippen molar-refractivity contribution in [2.75, 3.05) is 39.9 Å². The number of nitrogens with zero attached hydrogens (tertiary/aromatic N) is 2. The lowest BCUT2D eigenvalue weighted by Gasteiger charge is -2.34. The van der Waals surface area contributed by atoms with Crippen molar-refractivity contribution in [3.63, 3.8) is 0 Å². The normalized spacial score (nSPS) is 20.2. The van der Waals surface area contributed by atoms with Crippen molar-refractivity contribution in [2.45, 2.75) is 62.5 Å². The summed E-state index contributed by atoms with van der Waals surface area (Å²) in [6.45, 7) is 5.49. The van der Waals surface area contributed by atoms with E-state index in [2.05, 4.69) is 11.8 Å². The van der Waals surface area contributed by atoms with Crippen molar-refractivity contribution in [1.29, 1.82) is 0 Å². The molecule has 1 fully saturated rings. The topological polar surface area (TPSA) is 70.1 Å². The summed E-state index contributed by atoms with van der Waals surface area (Å²) in [5.74, 6) is -2.23. The first kappa shape index (κ1) is 25.1. The van der Waals surface area contributed by atoms with Crippen LogP contribution in [0.25, 0.3) is 0 Å². The summed E-state index contributed by atoms with van der Waals surface area (Å²) in [6, 6.07) is 2.49. The molecule has 1 saturated carbocycles. The Morgan fingerprint density at radius 2 is 1.80 bits per heavy atom. The van der Waals surface area contributed by atoms with E-state index in [1.54, 1.807) is 0 Å². The van der Waals surface area contributed by atoms with Gasteiger partial charge in [-0.15, -0.1) is 0 Å². The number of ether oxygens (including phenoxy) is 1. The minimum atomic E-state index is -3.87. The van der Waals surface area contributed by atoms with Gasteiger partial charge in [-0.1, -0.05) is 6.92 Å². The van der Waals surface area contributed by atoms with Crippen molar-refractivity contribution in [1.82, 2.24) is 9.21 Å². The second kappa shape index (κ2) is 12.0. The Morgan fingerprint density at radius 1 is 1.10 bits per heavy atom. The molecule has 1 aliphatic carbocycles. The van der Waals surface area contributed by atoms with Crippen molar-refractivity contribution >= 4 is 10.0 Å². The number of rotatable bonds is 12. The van der Waals surface area contributed by atoms with Crippen molar-refractivity contribution in [3.8, 4) is 0 Å². The van der Waals surface area contributed by atoms with E-state index in [0.29, 0.717) is 26.0 Å².